The maximum absolute atomic E-state index is 5.47. The molecule has 1 aliphatic rings. The second-order valence-corrected chi connectivity index (χ2v) is 4.96. The lowest BCUT2D eigenvalue weighted by atomic mass is 10.3. The van der Waals surface area contributed by atoms with Gasteiger partial charge in [0.25, 0.3) is 0 Å². The molecule has 6 nitrogen and oxygen atoms in total. The number of hydrogen-bond acceptors (Lipinski definition) is 6. The van der Waals surface area contributed by atoms with Crippen LogP contribution in [0.4, 0.5) is 5.82 Å². The van der Waals surface area contributed by atoms with Crippen molar-refractivity contribution in [2.24, 2.45) is 0 Å². The zero-order chi connectivity index (χ0) is 14.0. The molecule has 0 atom stereocenters. The molecule has 2 heterocycles. The molecular weight excluding hydrogens is 254 g/mol. The van der Waals surface area contributed by atoms with Crippen molar-refractivity contribution in [1.29, 1.82) is 0 Å². The van der Waals surface area contributed by atoms with E-state index < -0.39 is 0 Å². The zero-order valence-corrected chi connectivity index (χ0v) is 12.3. The van der Waals surface area contributed by atoms with Crippen molar-refractivity contribution in [3.05, 3.63) is 12.4 Å². The number of rotatable bonds is 8. The summed E-state index contributed by atoms with van der Waals surface area (Å²) in [6.07, 6.45) is 5.48. The number of piperazine rings is 1. The van der Waals surface area contributed by atoms with E-state index in [-0.39, 0.29) is 0 Å². The van der Waals surface area contributed by atoms with E-state index in [0.29, 0.717) is 12.5 Å². The molecule has 1 aromatic heterocycles. The quantitative estimate of drug-likeness (QED) is 0.692. The van der Waals surface area contributed by atoms with Gasteiger partial charge < -0.3 is 20.3 Å². The van der Waals surface area contributed by atoms with Gasteiger partial charge in [-0.3, -0.25) is 4.98 Å². The SMILES string of the molecule is CCCOc1cncc(NCCCN2CCNCC2)n1. The molecule has 6 heteroatoms. The highest BCUT2D eigenvalue weighted by molar-refractivity contribution is 5.32. The van der Waals surface area contributed by atoms with Gasteiger partial charge in [0.1, 0.15) is 5.82 Å². The van der Waals surface area contributed by atoms with Gasteiger partial charge in [0.05, 0.1) is 19.0 Å². The Morgan fingerprint density at radius 1 is 1.35 bits per heavy atom. The number of ether oxygens (including phenoxy) is 1. The maximum atomic E-state index is 5.47. The Balaban J connectivity index is 1.65. The largest absolute Gasteiger partial charge is 0.477 e. The second kappa shape index (κ2) is 8.71. The normalized spacial score (nSPS) is 16.1. The van der Waals surface area contributed by atoms with Crippen molar-refractivity contribution in [3.63, 3.8) is 0 Å². The fourth-order valence-electron chi connectivity index (χ4n) is 2.16. The van der Waals surface area contributed by atoms with E-state index in [1.54, 1.807) is 12.4 Å². The van der Waals surface area contributed by atoms with Gasteiger partial charge in [-0.05, 0) is 19.4 Å². The molecule has 2 N–H and O–H groups in total. The van der Waals surface area contributed by atoms with Crippen LogP contribution in [0.15, 0.2) is 12.4 Å². The van der Waals surface area contributed by atoms with Crippen LogP contribution < -0.4 is 15.4 Å². The molecule has 0 unspecified atom stereocenters. The molecule has 0 bridgehead atoms. The van der Waals surface area contributed by atoms with Gasteiger partial charge in [-0.25, -0.2) is 0 Å². The van der Waals surface area contributed by atoms with Crippen molar-refractivity contribution in [2.75, 3.05) is 51.2 Å². The Bertz CT molecular complexity index is 382. The molecule has 0 amide bonds. The molecule has 1 aromatic rings. The number of aromatic nitrogens is 2. The van der Waals surface area contributed by atoms with Crippen LogP contribution in [-0.4, -0.2) is 60.7 Å². The Hall–Kier alpha value is -1.40. The van der Waals surface area contributed by atoms with E-state index in [2.05, 4.69) is 32.4 Å². The van der Waals surface area contributed by atoms with Gasteiger partial charge >= 0.3 is 0 Å². The van der Waals surface area contributed by atoms with Gasteiger partial charge in [-0.2, -0.15) is 4.98 Å². The first kappa shape index (κ1) is 15.0. The lowest BCUT2D eigenvalue weighted by Gasteiger charge is -2.27. The summed E-state index contributed by atoms with van der Waals surface area (Å²) >= 11 is 0. The van der Waals surface area contributed by atoms with Gasteiger partial charge in [-0.15, -0.1) is 0 Å². The molecular formula is C14H25N5O. The van der Waals surface area contributed by atoms with E-state index in [1.165, 1.54) is 0 Å². The Morgan fingerprint density at radius 3 is 3.00 bits per heavy atom. The van der Waals surface area contributed by atoms with Crippen LogP contribution in [0.25, 0.3) is 0 Å². The van der Waals surface area contributed by atoms with Crippen LogP contribution in [0, 0.1) is 0 Å². The minimum absolute atomic E-state index is 0.596. The first-order valence-electron chi connectivity index (χ1n) is 7.50. The van der Waals surface area contributed by atoms with Crippen LogP contribution in [-0.2, 0) is 0 Å². The standard InChI is InChI=1S/C14H25N5O/c1-2-10-20-14-12-16-11-13(18-14)17-4-3-7-19-8-5-15-6-9-19/h11-12,15H,2-10H2,1H3,(H,17,18). The molecule has 0 aromatic carbocycles. The molecule has 1 aliphatic heterocycles. The first-order valence-corrected chi connectivity index (χ1v) is 7.50. The third kappa shape index (κ3) is 5.30. The molecule has 0 spiro atoms. The van der Waals surface area contributed by atoms with Crippen molar-refractivity contribution in [2.45, 2.75) is 19.8 Å². The van der Waals surface area contributed by atoms with Crippen molar-refractivity contribution in [3.8, 4) is 5.88 Å². The summed E-state index contributed by atoms with van der Waals surface area (Å²) < 4.78 is 5.47. The molecule has 2 rings (SSSR count). The molecule has 0 aliphatic carbocycles. The van der Waals surface area contributed by atoms with E-state index in [0.717, 1.165) is 57.9 Å². The summed E-state index contributed by atoms with van der Waals surface area (Å²) in [4.78, 5) is 11.0. The van der Waals surface area contributed by atoms with E-state index in [4.69, 9.17) is 4.74 Å². The summed E-state index contributed by atoms with van der Waals surface area (Å²) in [6.45, 7) is 9.32. The average molecular weight is 279 g/mol. The molecule has 0 radical (unpaired) electrons. The highest BCUT2D eigenvalue weighted by Crippen LogP contribution is 2.09. The minimum atomic E-state index is 0.596. The fraction of sp³-hybridized carbons (Fsp3) is 0.714. The van der Waals surface area contributed by atoms with Gasteiger partial charge in [0.2, 0.25) is 5.88 Å². The van der Waals surface area contributed by atoms with Gasteiger partial charge in [0.15, 0.2) is 0 Å². The van der Waals surface area contributed by atoms with Gasteiger partial charge in [0, 0.05) is 32.7 Å². The predicted molar refractivity (Wildman–Crippen MR) is 80.2 cm³/mol. The molecule has 1 fully saturated rings. The summed E-state index contributed by atoms with van der Waals surface area (Å²) in [5.41, 5.74) is 0. The smallest absolute Gasteiger partial charge is 0.234 e. The van der Waals surface area contributed by atoms with Crippen LogP contribution >= 0.6 is 0 Å². The third-order valence-electron chi connectivity index (χ3n) is 3.23. The zero-order valence-electron chi connectivity index (χ0n) is 12.3. The summed E-state index contributed by atoms with van der Waals surface area (Å²) in [5.74, 6) is 1.39. The summed E-state index contributed by atoms with van der Waals surface area (Å²) in [6, 6.07) is 0. The van der Waals surface area contributed by atoms with Crippen LogP contribution in [0.5, 0.6) is 5.88 Å². The molecule has 112 valence electrons. The van der Waals surface area contributed by atoms with Crippen molar-refractivity contribution in [1.82, 2.24) is 20.2 Å². The topological polar surface area (TPSA) is 62.3 Å². The average Bonchev–Trinajstić information content (AvgIpc) is 2.51. The fourth-order valence-corrected chi connectivity index (χ4v) is 2.16. The minimum Gasteiger partial charge on any atom is -0.477 e. The molecule has 0 saturated carbocycles. The van der Waals surface area contributed by atoms with Crippen LogP contribution in [0.3, 0.4) is 0 Å². The van der Waals surface area contributed by atoms with Crippen molar-refractivity contribution >= 4 is 5.82 Å². The monoisotopic (exact) mass is 279 g/mol. The first-order chi connectivity index (χ1) is 9.88. The van der Waals surface area contributed by atoms with Crippen LogP contribution in [0.1, 0.15) is 19.8 Å². The van der Waals surface area contributed by atoms with Crippen molar-refractivity contribution < 1.29 is 4.74 Å². The number of hydrogen-bond donors (Lipinski definition) is 2. The lowest BCUT2D eigenvalue weighted by Crippen LogP contribution is -2.44. The maximum Gasteiger partial charge on any atom is 0.234 e. The predicted octanol–water partition coefficient (Wildman–Crippen LogP) is 0.973. The van der Waals surface area contributed by atoms with Gasteiger partial charge in [-0.1, -0.05) is 6.92 Å². The van der Waals surface area contributed by atoms with E-state index >= 15 is 0 Å². The highest BCUT2D eigenvalue weighted by Gasteiger charge is 2.08. The summed E-state index contributed by atoms with van der Waals surface area (Å²) in [7, 11) is 0. The lowest BCUT2D eigenvalue weighted by molar-refractivity contribution is 0.240. The number of anilines is 1. The van der Waals surface area contributed by atoms with Crippen LogP contribution in [0.2, 0.25) is 0 Å². The third-order valence-corrected chi connectivity index (χ3v) is 3.23. The highest BCUT2D eigenvalue weighted by atomic mass is 16.5. The Morgan fingerprint density at radius 2 is 2.20 bits per heavy atom. The van der Waals surface area contributed by atoms with E-state index in [1.807, 2.05) is 0 Å². The number of nitrogens with zero attached hydrogens (tertiary/aromatic N) is 3. The molecule has 1 saturated heterocycles. The second-order valence-electron chi connectivity index (χ2n) is 4.96. The molecule has 20 heavy (non-hydrogen) atoms. The Labute approximate surface area is 120 Å². The Kier molecular flexibility index (Phi) is 6.53. The summed E-state index contributed by atoms with van der Waals surface area (Å²) in [5, 5.41) is 6.67. The van der Waals surface area contributed by atoms with E-state index in [9.17, 15) is 0 Å². The number of nitrogens with one attached hydrogen (secondary N) is 2.